The van der Waals surface area contributed by atoms with Gasteiger partial charge in [0.25, 0.3) is 5.56 Å². The zero-order valence-electron chi connectivity index (χ0n) is 15.5. The van der Waals surface area contributed by atoms with Gasteiger partial charge in [0.2, 0.25) is 0 Å². The van der Waals surface area contributed by atoms with Gasteiger partial charge >= 0.3 is 17.7 Å². The Hall–Kier alpha value is -4.14. The van der Waals surface area contributed by atoms with E-state index in [0.717, 1.165) is 4.57 Å². The summed E-state index contributed by atoms with van der Waals surface area (Å²) in [6.45, 7) is 1.68. The predicted octanol–water partition coefficient (Wildman–Crippen LogP) is 2.21. The van der Waals surface area contributed by atoms with Gasteiger partial charge in [-0.25, -0.2) is 14.2 Å². The van der Waals surface area contributed by atoms with Crippen molar-refractivity contribution in [2.24, 2.45) is 7.05 Å². The molecule has 0 saturated heterocycles. The van der Waals surface area contributed by atoms with Crippen LogP contribution in [0.4, 0.5) is 0 Å². The average Bonchev–Trinajstić information content (AvgIpc) is 3.13. The minimum Gasteiger partial charge on any atom is -0.478 e. The largest absolute Gasteiger partial charge is 0.478 e. The number of aryl methyl sites for hydroxylation is 2. The monoisotopic (exact) mass is 392 g/mol. The third-order valence-corrected chi connectivity index (χ3v) is 4.54. The fourth-order valence-electron chi connectivity index (χ4n) is 3.03. The number of ether oxygens (including phenoxy) is 1. The van der Waals surface area contributed by atoms with Crippen molar-refractivity contribution >= 4 is 17.1 Å². The second-order valence-corrected chi connectivity index (χ2v) is 6.44. The van der Waals surface area contributed by atoms with Crippen molar-refractivity contribution in [3.8, 4) is 17.4 Å². The van der Waals surface area contributed by atoms with Gasteiger partial charge in [0.05, 0.1) is 11.3 Å². The molecule has 0 fully saturated rings. The van der Waals surface area contributed by atoms with Crippen LogP contribution >= 0.6 is 0 Å². The standard InChI is InChI=1S/C20H16N4O5/c1-11-8-9-13(10-14(11)18(26)27)29-19-21-15-16(22-19)23(2)20(28)24(17(15)25)12-6-4-3-5-7-12/h3-10H,1-2H3,(H,21,22)(H,26,27). The maximum Gasteiger partial charge on any atom is 0.337 e. The molecule has 2 aromatic heterocycles. The van der Waals surface area contributed by atoms with Gasteiger partial charge < -0.3 is 14.8 Å². The Kier molecular flexibility index (Phi) is 4.27. The second-order valence-electron chi connectivity index (χ2n) is 6.44. The highest BCUT2D eigenvalue weighted by atomic mass is 16.5. The summed E-state index contributed by atoms with van der Waals surface area (Å²) in [5, 5.41) is 9.25. The van der Waals surface area contributed by atoms with Crippen molar-refractivity contribution in [1.82, 2.24) is 19.1 Å². The highest BCUT2D eigenvalue weighted by Crippen LogP contribution is 2.23. The molecule has 0 unspecified atom stereocenters. The number of rotatable bonds is 4. The molecule has 2 N–H and O–H groups in total. The van der Waals surface area contributed by atoms with Crippen LogP contribution in [0.25, 0.3) is 16.9 Å². The minimum atomic E-state index is -1.08. The van der Waals surface area contributed by atoms with E-state index >= 15 is 0 Å². The third kappa shape index (κ3) is 3.08. The number of aromatic amines is 1. The highest BCUT2D eigenvalue weighted by molar-refractivity contribution is 5.89. The molecule has 0 saturated carbocycles. The maximum atomic E-state index is 12.9. The summed E-state index contributed by atoms with van der Waals surface area (Å²) in [6.07, 6.45) is 0. The number of imidazole rings is 1. The first-order valence-corrected chi connectivity index (χ1v) is 8.66. The minimum absolute atomic E-state index is 0.0295. The zero-order valence-corrected chi connectivity index (χ0v) is 15.5. The number of nitrogens with zero attached hydrogens (tertiary/aromatic N) is 3. The van der Waals surface area contributed by atoms with Gasteiger partial charge in [-0.15, -0.1) is 0 Å². The average molecular weight is 392 g/mol. The van der Waals surface area contributed by atoms with E-state index in [1.54, 1.807) is 49.4 Å². The van der Waals surface area contributed by atoms with Crippen LogP contribution in [0.5, 0.6) is 11.8 Å². The first-order chi connectivity index (χ1) is 13.9. The normalized spacial score (nSPS) is 11.0. The lowest BCUT2D eigenvalue weighted by Gasteiger charge is -2.06. The molecule has 0 aliphatic carbocycles. The van der Waals surface area contributed by atoms with E-state index in [1.165, 1.54) is 17.7 Å². The van der Waals surface area contributed by atoms with Crippen LogP contribution in [-0.4, -0.2) is 30.2 Å². The summed E-state index contributed by atoms with van der Waals surface area (Å²) in [5.41, 5.74) is 0.230. The number of benzene rings is 2. The first-order valence-electron chi connectivity index (χ1n) is 8.66. The Morgan fingerprint density at radius 3 is 2.55 bits per heavy atom. The van der Waals surface area contributed by atoms with Gasteiger partial charge in [-0.3, -0.25) is 9.36 Å². The van der Waals surface area contributed by atoms with Gasteiger partial charge in [0.15, 0.2) is 11.2 Å². The molecule has 0 amide bonds. The number of nitrogens with one attached hydrogen (secondary N) is 1. The van der Waals surface area contributed by atoms with Crippen LogP contribution in [0.1, 0.15) is 15.9 Å². The van der Waals surface area contributed by atoms with Crippen LogP contribution in [-0.2, 0) is 7.05 Å². The van der Waals surface area contributed by atoms with Crippen LogP contribution in [0.3, 0.4) is 0 Å². The lowest BCUT2D eigenvalue weighted by Crippen LogP contribution is -2.37. The molecule has 146 valence electrons. The van der Waals surface area contributed by atoms with E-state index < -0.39 is 17.2 Å². The maximum absolute atomic E-state index is 12.9. The summed E-state index contributed by atoms with van der Waals surface area (Å²) in [5.74, 6) is -0.842. The first kappa shape index (κ1) is 18.2. The number of carboxylic acid groups (broad SMARTS) is 1. The lowest BCUT2D eigenvalue weighted by molar-refractivity contribution is 0.0695. The van der Waals surface area contributed by atoms with E-state index in [4.69, 9.17) is 4.74 Å². The number of H-pyrrole nitrogens is 1. The van der Waals surface area contributed by atoms with Crippen LogP contribution in [0.15, 0.2) is 58.1 Å². The molecule has 0 radical (unpaired) electrons. The fourth-order valence-corrected chi connectivity index (χ4v) is 3.03. The topological polar surface area (TPSA) is 119 Å². The van der Waals surface area contributed by atoms with Gasteiger partial charge in [0, 0.05) is 7.05 Å². The molecule has 0 atom stereocenters. The SMILES string of the molecule is Cc1ccc(Oc2nc3c([nH]2)c(=O)n(-c2ccccc2)c(=O)n3C)cc1C(=O)O. The molecule has 4 aromatic rings. The number of carbonyl (C=O) groups is 1. The van der Waals surface area contributed by atoms with Crippen molar-refractivity contribution in [2.75, 3.05) is 0 Å². The van der Waals surface area contributed by atoms with E-state index in [9.17, 15) is 19.5 Å². The molecule has 4 rings (SSSR count). The number of fused-ring (bicyclic) bond motifs is 1. The molecule has 0 aliphatic rings. The fraction of sp³-hybridized carbons (Fsp3) is 0.100. The molecule has 0 spiro atoms. The van der Waals surface area contributed by atoms with Crippen LogP contribution in [0.2, 0.25) is 0 Å². The summed E-state index contributed by atoms with van der Waals surface area (Å²) in [6, 6.07) is 13.1. The molecule has 0 bridgehead atoms. The number of hydrogen-bond donors (Lipinski definition) is 2. The molecule has 9 heteroatoms. The quantitative estimate of drug-likeness (QED) is 0.550. The number of hydrogen-bond acceptors (Lipinski definition) is 5. The summed E-state index contributed by atoms with van der Waals surface area (Å²) < 4.78 is 7.89. The molecule has 0 aliphatic heterocycles. The van der Waals surface area contributed by atoms with Crippen molar-refractivity contribution in [3.05, 3.63) is 80.5 Å². The van der Waals surface area contributed by atoms with E-state index in [1.807, 2.05) is 0 Å². The van der Waals surface area contributed by atoms with Crippen LogP contribution < -0.4 is 16.0 Å². The van der Waals surface area contributed by atoms with E-state index in [-0.39, 0.29) is 28.5 Å². The zero-order chi connectivity index (χ0) is 20.7. The van der Waals surface area contributed by atoms with Gasteiger partial charge in [-0.2, -0.15) is 4.98 Å². The van der Waals surface area contributed by atoms with Gasteiger partial charge in [-0.05, 0) is 36.8 Å². The Balaban J connectivity index is 1.84. The number of carboxylic acids is 1. The summed E-state index contributed by atoms with van der Waals surface area (Å²) >= 11 is 0. The van der Waals surface area contributed by atoms with Crippen molar-refractivity contribution < 1.29 is 14.6 Å². The molecule has 29 heavy (non-hydrogen) atoms. The Morgan fingerprint density at radius 2 is 1.86 bits per heavy atom. The molecule has 9 nitrogen and oxygen atoms in total. The number of para-hydroxylation sites is 1. The van der Waals surface area contributed by atoms with E-state index in [0.29, 0.717) is 11.3 Å². The number of aromatic nitrogens is 4. The molecule has 2 heterocycles. The van der Waals surface area contributed by atoms with Crippen molar-refractivity contribution in [3.63, 3.8) is 0 Å². The van der Waals surface area contributed by atoms with E-state index in [2.05, 4.69) is 9.97 Å². The van der Waals surface area contributed by atoms with Crippen molar-refractivity contribution in [1.29, 1.82) is 0 Å². The smallest absolute Gasteiger partial charge is 0.337 e. The summed E-state index contributed by atoms with van der Waals surface area (Å²) in [4.78, 5) is 43.9. The highest BCUT2D eigenvalue weighted by Gasteiger charge is 2.18. The van der Waals surface area contributed by atoms with Gasteiger partial charge in [0.1, 0.15) is 5.75 Å². The lowest BCUT2D eigenvalue weighted by atomic mass is 10.1. The summed E-state index contributed by atoms with van der Waals surface area (Å²) in [7, 11) is 1.50. The number of aromatic carboxylic acids is 1. The molecular formula is C20H16N4O5. The third-order valence-electron chi connectivity index (χ3n) is 4.54. The molecule has 2 aromatic carbocycles. The molecular weight excluding hydrogens is 376 g/mol. The Morgan fingerprint density at radius 1 is 1.14 bits per heavy atom. The van der Waals surface area contributed by atoms with Crippen molar-refractivity contribution in [2.45, 2.75) is 6.92 Å². The van der Waals surface area contributed by atoms with Gasteiger partial charge in [-0.1, -0.05) is 24.3 Å². The second kappa shape index (κ2) is 6.79. The Labute approximate surface area is 163 Å². The van der Waals surface area contributed by atoms with Crippen LogP contribution in [0, 0.1) is 6.92 Å². The Bertz CT molecular complexity index is 1370. The predicted molar refractivity (Wildman–Crippen MR) is 105 cm³/mol.